The minimum atomic E-state index is 0.915. The molecule has 0 fully saturated rings. The summed E-state index contributed by atoms with van der Waals surface area (Å²) in [6.45, 7) is 4.45. The Bertz CT molecular complexity index is 1150. The summed E-state index contributed by atoms with van der Waals surface area (Å²) in [5, 5.41) is 0. The molecule has 2 N–H and O–H groups in total. The van der Waals surface area contributed by atoms with Crippen molar-refractivity contribution in [3.8, 4) is 0 Å². The molecular formula is C26H28N4S. The Labute approximate surface area is 187 Å². The molecule has 5 heterocycles. The molecule has 0 saturated heterocycles. The zero-order valence-electron chi connectivity index (χ0n) is 18.1. The van der Waals surface area contributed by atoms with Crippen molar-refractivity contribution >= 4 is 58.1 Å². The number of aromatic amines is 2. The van der Waals surface area contributed by atoms with Crippen LogP contribution in [0.5, 0.6) is 0 Å². The zero-order chi connectivity index (χ0) is 21.5. The molecule has 8 bridgehead atoms. The predicted octanol–water partition coefficient (Wildman–Crippen LogP) is 7.20. The zero-order valence-corrected chi connectivity index (χ0v) is 18.9. The van der Waals surface area contributed by atoms with Gasteiger partial charge in [0.2, 0.25) is 0 Å². The second-order valence-electron chi connectivity index (χ2n) is 7.52. The average Bonchev–Trinajstić information content (AvgIpc) is 3.55. The number of nitrogens with one attached hydrogen (secondary N) is 2. The van der Waals surface area contributed by atoms with Crippen LogP contribution in [0.2, 0.25) is 0 Å². The lowest BCUT2D eigenvalue weighted by atomic mass is 10.3. The summed E-state index contributed by atoms with van der Waals surface area (Å²) in [6, 6.07) is 16.4. The van der Waals surface area contributed by atoms with E-state index in [1.807, 2.05) is 42.5 Å². The molecule has 5 rings (SSSR count). The molecule has 31 heavy (non-hydrogen) atoms. The van der Waals surface area contributed by atoms with Gasteiger partial charge in [-0.1, -0.05) is 13.8 Å². The van der Waals surface area contributed by atoms with Gasteiger partial charge in [-0.15, -0.1) is 0 Å². The Morgan fingerprint density at radius 3 is 1.39 bits per heavy atom. The molecule has 2 aliphatic rings. The number of rotatable bonds is 4. The topological polar surface area (TPSA) is 57.4 Å². The third kappa shape index (κ3) is 5.98. The standard InChI is InChI=1S/C20H14N4.C6H14S/c1-2-14-10-16-5-6-18(23-16)12-20-8-7-19(24-20)11-17-4-3-15(22-17)9-13(1)21-14;1-3-5-7-6-4-2/h1-12,21-22H;3-6H2,1-2H3. The molecule has 2 aliphatic heterocycles. The van der Waals surface area contributed by atoms with Crippen LogP contribution in [0, 0.1) is 0 Å². The number of aromatic nitrogens is 4. The predicted molar refractivity (Wildman–Crippen MR) is 137 cm³/mol. The number of hydrogen-bond acceptors (Lipinski definition) is 3. The smallest absolute Gasteiger partial charge is 0.0659 e. The summed E-state index contributed by atoms with van der Waals surface area (Å²) in [5.74, 6) is 2.68. The van der Waals surface area contributed by atoms with Crippen molar-refractivity contribution in [1.82, 2.24) is 19.9 Å². The van der Waals surface area contributed by atoms with Crippen LogP contribution in [0.3, 0.4) is 0 Å². The summed E-state index contributed by atoms with van der Waals surface area (Å²) < 4.78 is 0. The summed E-state index contributed by atoms with van der Waals surface area (Å²) >= 11 is 2.05. The normalized spacial score (nSPS) is 11.9. The molecule has 0 radical (unpaired) electrons. The number of fused-ring (bicyclic) bond motifs is 8. The highest BCUT2D eigenvalue weighted by molar-refractivity contribution is 7.99. The van der Waals surface area contributed by atoms with Gasteiger partial charge in [0.25, 0.3) is 0 Å². The highest BCUT2D eigenvalue weighted by atomic mass is 32.2. The van der Waals surface area contributed by atoms with Crippen molar-refractivity contribution in [3.63, 3.8) is 0 Å². The molecule has 5 heteroatoms. The van der Waals surface area contributed by atoms with Gasteiger partial charge in [0.15, 0.2) is 0 Å². The van der Waals surface area contributed by atoms with E-state index in [9.17, 15) is 0 Å². The maximum atomic E-state index is 4.62. The van der Waals surface area contributed by atoms with Gasteiger partial charge in [0.05, 0.1) is 22.8 Å². The van der Waals surface area contributed by atoms with Crippen LogP contribution in [0.25, 0.3) is 46.4 Å². The summed E-state index contributed by atoms with van der Waals surface area (Å²) in [6.07, 6.45) is 10.7. The minimum Gasteiger partial charge on any atom is -0.355 e. The lowest BCUT2D eigenvalue weighted by Crippen LogP contribution is -1.77. The quantitative estimate of drug-likeness (QED) is 0.298. The van der Waals surface area contributed by atoms with Crippen LogP contribution in [-0.4, -0.2) is 31.4 Å². The molecule has 0 amide bonds. The third-order valence-corrected chi connectivity index (χ3v) is 6.13. The Kier molecular flexibility index (Phi) is 7.05. The third-order valence-electron chi connectivity index (χ3n) is 4.74. The SMILES string of the molecule is C1=Cc2cc3ccc(cc4ccc(cc5nc(cc1n2)C=C5)[nH]4)[nH]3.CCCSCCC. The lowest BCUT2D eigenvalue weighted by Gasteiger charge is -1.91. The van der Waals surface area contributed by atoms with Gasteiger partial charge in [0, 0.05) is 22.1 Å². The molecular weight excluding hydrogens is 400 g/mol. The lowest BCUT2D eigenvalue weighted by molar-refractivity contribution is 1.07. The van der Waals surface area contributed by atoms with Gasteiger partial charge in [-0.3, -0.25) is 0 Å². The van der Waals surface area contributed by atoms with E-state index in [4.69, 9.17) is 0 Å². The van der Waals surface area contributed by atoms with E-state index in [-0.39, 0.29) is 0 Å². The van der Waals surface area contributed by atoms with Crippen LogP contribution in [0.15, 0.2) is 48.5 Å². The molecule has 0 saturated carbocycles. The second kappa shape index (κ2) is 10.3. The van der Waals surface area contributed by atoms with Crippen molar-refractivity contribution in [2.75, 3.05) is 11.5 Å². The van der Waals surface area contributed by atoms with Gasteiger partial charge in [0.1, 0.15) is 0 Å². The fraction of sp³-hybridized carbons (Fsp3) is 0.231. The molecule has 4 nitrogen and oxygen atoms in total. The van der Waals surface area contributed by atoms with Crippen LogP contribution in [-0.2, 0) is 0 Å². The van der Waals surface area contributed by atoms with Gasteiger partial charge in [-0.05, 0) is 97.2 Å². The van der Waals surface area contributed by atoms with E-state index in [2.05, 4.69) is 75.9 Å². The van der Waals surface area contributed by atoms with E-state index in [0.29, 0.717) is 0 Å². The number of H-pyrrole nitrogens is 2. The Morgan fingerprint density at radius 1 is 0.581 bits per heavy atom. The van der Waals surface area contributed by atoms with Gasteiger partial charge >= 0.3 is 0 Å². The first-order chi connectivity index (χ1) is 15.2. The van der Waals surface area contributed by atoms with Gasteiger partial charge < -0.3 is 9.97 Å². The molecule has 3 aromatic rings. The van der Waals surface area contributed by atoms with Crippen molar-refractivity contribution in [2.45, 2.75) is 26.7 Å². The van der Waals surface area contributed by atoms with Crippen LogP contribution in [0.4, 0.5) is 0 Å². The van der Waals surface area contributed by atoms with Crippen LogP contribution >= 0.6 is 11.8 Å². The monoisotopic (exact) mass is 428 g/mol. The highest BCUT2D eigenvalue weighted by Gasteiger charge is 2.02. The minimum absolute atomic E-state index is 0.915. The number of nitrogens with zero attached hydrogens (tertiary/aromatic N) is 2. The summed E-state index contributed by atoms with van der Waals surface area (Å²) in [4.78, 5) is 16.0. The van der Waals surface area contributed by atoms with E-state index in [1.165, 1.54) is 24.3 Å². The number of hydrogen-bond donors (Lipinski definition) is 2. The molecule has 0 aromatic carbocycles. The second-order valence-corrected chi connectivity index (χ2v) is 8.74. The Balaban J connectivity index is 0.000000289. The van der Waals surface area contributed by atoms with Gasteiger partial charge in [-0.25, -0.2) is 9.97 Å². The van der Waals surface area contributed by atoms with Crippen LogP contribution in [0.1, 0.15) is 49.5 Å². The molecule has 3 aromatic heterocycles. The first kappa shape index (κ1) is 21.2. The maximum Gasteiger partial charge on any atom is 0.0659 e. The number of thioether (sulfide) groups is 1. The molecule has 0 atom stereocenters. The maximum absolute atomic E-state index is 4.62. The molecule has 0 aliphatic carbocycles. The molecule has 158 valence electrons. The van der Waals surface area contributed by atoms with Crippen molar-refractivity contribution in [3.05, 3.63) is 71.3 Å². The van der Waals surface area contributed by atoms with Gasteiger partial charge in [-0.2, -0.15) is 11.8 Å². The Morgan fingerprint density at radius 2 is 0.968 bits per heavy atom. The summed E-state index contributed by atoms with van der Waals surface area (Å²) in [7, 11) is 0. The summed E-state index contributed by atoms with van der Waals surface area (Å²) in [5.41, 5.74) is 7.86. The first-order valence-electron chi connectivity index (χ1n) is 10.8. The highest BCUT2D eigenvalue weighted by Crippen LogP contribution is 2.17. The molecule has 0 spiro atoms. The van der Waals surface area contributed by atoms with E-state index in [1.54, 1.807) is 0 Å². The van der Waals surface area contributed by atoms with Crippen LogP contribution < -0.4 is 0 Å². The molecule has 0 unspecified atom stereocenters. The Hall–Kier alpha value is -3.05. The largest absolute Gasteiger partial charge is 0.355 e. The fourth-order valence-corrected chi connectivity index (χ4v) is 4.12. The van der Waals surface area contributed by atoms with Crippen molar-refractivity contribution < 1.29 is 0 Å². The average molecular weight is 429 g/mol. The van der Waals surface area contributed by atoms with E-state index >= 15 is 0 Å². The first-order valence-corrected chi connectivity index (χ1v) is 12.0. The van der Waals surface area contributed by atoms with E-state index < -0.39 is 0 Å². The van der Waals surface area contributed by atoms with Crippen molar-refractivity contribution in [1.29, 1.82) is 0 Å². The van der Waals surface area contributed by atoms with Crippen molar-refractivity contribution in [2.24, 2.45) is 0 Å². The fourth-order valence-electron chi connectivity index (χ4n) is 3.33. The van der Waals surface area contributed by atoms with E-state index in [0.717, 1.165) is 44.8 Å².